The number of nitrogens with zero attached hydrogens (tertiary/aromatic N) is 2. The van der Waals surface area contributed by atoms with Gasteiger partial charge in [0.15, 0.2) is 11.0 Å². The van der Waals surface area contributed by atoms with E-state index in [2.05, 4.69) is 55.8 Å². The van der Waals surface area contributed by atoms with E-state index >= 15 is 0 Å². The molecule has 2 rings (SSSR count). The number of Topliss-reactive ketones (excluding diaryl/α,β-unsaturated/α-hetero) is 1. The molecule has 0 unspecified atom stereocenters. The van der Waals surface area contributed by atoms with Gasteiger partial charge in [-0.25, -0.2) is 4.99 Å². The fraction of sp³-hybridized carbons (Fsp3) is 0.360. The highest BCUT2D eigenvalue weighted by molar-refractivity contribution is 8.13. The molecule has 0 radical (unpaired) electrons. The Hall–Kier alpha value is -2.33. The third-order valence-corrected chi connectivity index (χ3v) is 5.37. The molecule has 0 heterocycles. The number of benzene rings is 2. The Labute approximate surface area is 179 Å². The second kappa shape index (κ2) is 12.3. The third-order valence-electron chi connectivity index (χ3n) is 4.66. The minimum atomic E-state index is 0.202. The number of carbonyl (C=O) groups excluding carboxylic acids is 1. The Morgan fingerprint density at radius 3 is 2.38 bits per heavy atom. The monoisotopic (exact) mass is 408 g/mol. The molecular formula is C25H32N2OS. The SMILES string of the molecule is C=C(Cc1ccc(C)cc1)N=C(SC)N(CCC)CCCC(=O)c1ccccc1. The summed E-state index contributed by atoms with van der Waals surface area (Å²) in [5.41, 5.74) is 4.13. The van der Waals surface area contributed by atoms with E-state index in [0.29, 0.717) is 6.42 Å². The molecule has 0 aromatic heterocycles. The van der Waals surface area contributed by atoms with E-state index in [4.69, 9.17) is 4.99 Å². The normalized spacial score (nSPS) is 11.3. The first-order valence-corrected chi connectivity index (χ1v) is 11.4. The molecule has 0 amide bonds. The summed E-state index contributed by atoms with van der Waals surface area (Å²) >= 11 is 1.64. The quantitative estimate of drug-likeness (QED) is 0.269. The summed E-state index contributed by atoms with van der Waals surface area (Å²) in [5, 5.41) is 0.983. The average Bonchev–Trinajstić information content (AvgIpc) is 2.73. The van der Waals surface area contributed by atoms with Gasteiger partial charge in [0.1, 0.15) is 0 Å². The maximum absolute atomic E-state index is 12.4. The van der Waals surface area contributed by atoms with Crippen LogP contribution in [0.1, 0.15) is 47.7 Å². The van der Waals surface area contributed by atoms with Gasteiger partial charge < -0.3 is 4.90 Å². The van der Waals surface area contributed by atoms with Crippen LogP contribution in [0.2, 0.25) is 0 Å². The van der Waals surface area contributed by atoms with Crippen LogP contribution in [0.25, 0.3) is 0 Å². The Morgan fingerprint density at radius 2 is 1.76 bits per heavy atom. The number of hydrogen-bond acceptors (Lipinski definition) is 3. The van der Waals surface area contributed by atoms with E-state index in [-0.39, 0.29) is 5.78 Å². The van der Waals surface area contributed by atoms with Crippen molar-refractivity contribution in [3.63, 3.8) is 0 Å². The van der Waals surface area contributed by atoms with Crippen LogP contribution < -0.4 is 0 Å². The highest BCUT2D eigenvalue weighted by atomic mass is 32.2. The zero-order valence-electron chi connectivity index (χ0n) is 17.9. The van der Waals surface area contributed by atoms with E-state index < -0.39 is 0 Å². The zero-order valence-corrected chi connectivity index (χ0v) is 18.7. The van der Waals surface area contributed by atoms with Gasteiger partial charge in [-0.1, -0.05) is 85.4 Å². The molecule has 0 bridgehead atoms. The Bertz CT molecular complexity index is 812. The van der Waals surface area contributed by atoms with Crippen LogP contribution in [-0.2, 0) is 6.42 Å². The van der Waals surface area contributed by atoms with Crippen LogP contribution in [0.5, 0.6) is 0 Å². The van der Waals surface area contributed by atoms with Crippen molar-refractivity contribution in [2.75, 3.05) is 19.3 Å². The number of thioether (sulfide) groups is 1. The molecule has 0 atom stereocenters. The molecule has 0 N–H and O–H groups in total. The topological polar surface area (TPSA) is 32.7 Å². The lowest BCUT2D eigenvalue weighted by atomic mass is 10.1. The minimum absolute atomic E-state index is 0.202. The molecule has 0 aliphatic carbocycles. The molecule has 2 aromatic rings. The Kier molecular flexibility index (Phi) is 9.72. The van der Waals surface area contributed by atoms with Crippen LogP contribution in [0.3, 0.4) is 0 Å². The first kappa shape index (κ1) is 23.0. The van der Waals surface area contributed by atoms with Gasteiger partial charge in [-0.3, -0.25) is 4.79 Å². The smallest absolute Gasteiger partial charge is 0.163 e. The van der Waals surface area contributed by atoms with E-state index in [1.165, 1.54) is 11.1 Å². The minimum Gasteiger partial charge on any atom is -0.351 e. The molecule has 0 fully saturated rings. The molecule has 29 heavy (non-hydrogen) atoms. The lowest BCUT2D eigenvalue weighted by molar-refractivity contribution is 0.0978. The van der Waals surface area contributed by atoms with Crippen molar-refractivity contribution in [2.45, 2.75) is 39.5 Å². The highest BCUT2D eigenvalue weighted by Crippen LogP contribution is 2.15. The van der Waals surface area contributed by atoms with Crippen LogP contribution in [-0.4, -0.2) is 35.2 Å². The largest absolute Gasteiger partial charge is 0.351 e. The van der Waals surface area contributed by atoms with Gasteiger partial charge in [0.25, 0.3) is 0 Å². The van der Waals surface area contributed by atoms with Gasteiger partial charge in [0.2, 0.25) is 0 Å². The van der Waals surface area contributed by atoms with Crippen molar-refractivity contribution in [3.05, 3.63) is 83.6 Å². The molecule has 2 aromatic carbocycles. The number of aliphatic imine (C=N–C) groups is 1. The molecule has 0 spiro atoms. The molecule has 0 aliphatic rings. The number of rotatable bonds is 10. The van der Waals surface area contributed by atoms with Crippen molar-refractivity contribution < 1.29 is 4.79 Å². The summed E-state index contributed by atoms with van der Waals surface area (Å²) in [4.78, 5) is 19.5. The summed E-state index contributed by atoms with van der Waals surface area (Å²) in [5.74, 6) is 0.202. The fourth-order valence-corrected chi connectivity index (χ4v) is 3.79. The summed E-state index contributed by atoms with van der Waals surface area (Å²) in [6.07, 6.45) is 5.21. The molecular weight excluding hydrogens is 376 g/mol. The van der Waals surface area contributed by atoms with Gasteiger partial charge in [-0.05, 0) is 31.6 Å². The van der Waals surface area contributed by atoms with Crippen molar-refractivity contribution in [2.24, 2.45) is 4.99 Å². The third kappa shape index (κ3) is 7.90. The summed E-state index contributed by atoms with van der Waals surface area (Å²) in [6, 6.07) is 18.0. The Balaban J connectivity index is 1.96. The van der Waals surface area contributed by atoms with Crippen molar-refractivity contribution in [1.82, 2.24) is 4.90 Å². The molecule has 0 saturated heterocycles. The van der Waals surface area contributed by atoms with E-state index in [1.54, 1.807) is 11.8 Å². The van der Waals surface area contributed by atoms with Gasteiger partial charge in [-0.2, -0.15) is 0 Å². The van der Waals surface area contributed by atoms with E-state index in [1.807, 2.05) is 30.3 Å². The second-order valence-electron chi connectivity index (χ2n) is 7.21. The standard InChI is InChI=1S/C25H32N2OS/c1-5-17-27(18-9-12-24(28)23-10-7-6-8-11-23)25(29-4)26-21(3)19-22-15-13-20(2)14-16-22/h6-8,10-11,13-16H,3,5,9,12,17-19H2,1-2,4H3. The van der Waals surface area contributed by atoms with E-state index in [9.17, 15) is 4.79 Å². The molecule has 3 nitrogen and oxygen atoms in total. The molecule has 0 aliphatic heterocycles. The molecule has 0 saturated carbocycles. The lowest BCUT2D eigenvalue weighted by Gasteiger charge is -2.24. The number of aryl methyl sites for hydroxylation is 1. The summed E-state index contributed by atoms with van der Waals surface area (Å²) < 4.78 is 0. The van der Waals surface area contributed by atoms with Gasteiger partial charge in [-0.15, -0.1) is 0 Å². The van der Waals surface area contributed by atoms with Gasteiger partial charge in [0, 0.05) is 37.2 Å². The Morgan fingerprint density at radius 1 is 1.07 bits per heavy atom. The van der Waals surface area contributed by atoms with Crippen molar-refractivity contribution in [3.8, 4) is 0 Å². The second-order valence-corrected chi connectivity index (χ2v) is 7.98. The lowest BCUT2D eigenvalue weighted by Crippen LogP contribution is -2.31. The van der Waals surface area contributed by atoms with Crippen LogP contribution in [0.4, 0.5) is 0 Å². The number of hydrogen-bond donors (Lipinski definition) is 0. The van der Waals surface area contributed by atoms with Crippen LogP contribution in [0.15, 0.2) is 71.9 Å². The number of carbonyl (C=O) groups is 1. The number of ketones is 1. The van der Waals surface area contributed by atoms with Crippen LogP contribution >= 0.6 is 11.8 Å². The summed E-state index contributed by atoms with van der Waals surface area (Å²) in [7, 11) is 0. The first-order chi connectivity index (χ1) is 14.0. The zero-order chi connectivity index (χ0) is 21.1. The highest BCUT2D eigenvalue weighted by Gasteiger charge is 2.12. The van der Waals surface area contributed by atoms with E-state index in [0.717, 1.165) is 48.8 Å². The maximum Gasteiger partial charge on any atom is 0.163 e. The number of amidine groups is 1. The van der Waals surface area contributed by atoms with Crippen molar-refractivity contribution >= 4 is 22.7 Å². The predicted molar refractivity (Wildman–Crippen MR) is 127 cm³/mol. The maximum atomic E-state index is 12.4. The van der Waals surface area contributed by atoms with Gasteiger partial charge >= 0.3 is 0 Å². The fourth-order valence-electron chi connectivity index (χ4n) is 3.13. The van der Waals surface area contributed by atoms with Crippen LogP contribution in [0, 0.1) is 6.92 Å². The van der Waals surface area contributed by atoms with Gasteiger partial charge in [0.05, 0.1) is 0 Å². The average molecular weight is 409 g/mol. The first-order valence-electron chi connectivity index (χ1n) is 10.2. The number of allylic oxidation sites excluding steroid dienone is 1. The molecule has 154 valence electrons. The molecule has 4 heteroatoms. The predicted octanol–water partition coefficient (Wildman–Crippen LogP) is 6.15. The summed E-state index contributed by atoms with van der Waals surface area (Å²) in [6.45, 7) is 10.2. The van der Waals surface area contributed by atoms with Crippen molar-refractivity contribution in [1.29, 1.82) is 0 Å².